The van der Waals surface area contributed by atoms with Crippen molar-refractivity contribution in [1.29, 1.82) is 0 Å². The molecule has 118 valence electrons. The predicted molar refractivity (Wildman–Crippen MR) is 97.0 cm³/mol. The van der Waals surface area contributed by atoms with Gasteiger partial charge >= 0.3 is 0 Å². The first-order valence-electron chi connectivity index (χ1n) is 8.02. The number of nitrogens with zero attached hydrogens (tertiary/aromatic N) is 2. The monoisotopic (exact) mass is 394 g/mol. The summed E-state index contributed by atoms with van der Waals surface area (Å²) < 4.78 is 0. The van der Waals surface area contributed by atoms with E-state index in [1.807, 2.05) is 0 Å². The van der Waals surface area contributed by atoms with E-state index >= 15 is 0 Å². The first kappa shape index (κ1) is 18.0. The third-order valence-electron chi connectivity index (χ3n) is 3.93. The molecule has 20 heavy (non-hydrogen) atoms. The van der Waals surface area contributed by atoms with E-state index in [0.717, 1.165) is 31.5 Å². The molecule has 0 amide bonds. The van der Waals surface area contributed by atoms with Gasteiger partial charge in [-0.05, 0) is 57.5 Å². The van der Waals surface area contributed by atoms with Crippen LogP contribution in [0.15, 0.2) is 4.99 Å². The van der Waals surface area contributed by atoms with Gasteiger partial charge in [-0.3, -0.25) is 4.99 Å². The highest BCUT2D eigenvalue weighted by atomic mass is 127. The lowest BCUT2D eigenvalue weighted by Crippen LogP contribution is -2.39. The van der Waals surface area contributed by atoms with Gasteiger partial charge in [-0.2, -0.15) is 0 Å². The molecule has 2 fully saturated rings. The maximum atomic E-state index is 4.72. The summed E-state index contributed by atoms with van der Waals surface area (Å²) in [4.78, 5) is 7.30. The van der Waals surface area contributed by atoms with Crippen molar-refractivity contribution < 1.29 is 0 Å². The highest BCUT2D eigenvalue weighted by molar-refractivity contribution is 14.0. The zero-order valence-corrected chi connectivity index (χ0v) is 15.4. The Balaban J connectivity index is 0.00000200. The van der Waals surface area contributed by atoms with Crippen LogP contribution in [-0.4, -0.2) is 50.1 Å². The van der Waals surface area contributed by atoms with Gasteiger partial charge in [0.2, 0.25) is 0 Å². The number of guanidine groups is 1. The molecule has 0 bridgehead atoms. The Morgan fingerprint density at radius 3 is 2.55 bits per heavy atom. The van der Waals surface area contributed by atoms with Gasteiger partial charge in [0.1, 0.15) is 0 Å². The number of aliphatic imine (C=N–C) groups is 1. The van der Waals surface area contributed by atoms with Gasteiger partial charge in [-0.25, -0.2) is 0 Å². The summed E-state index contributed by atoms with van der Waals surface area (Å²) in [5.74, 6) is 2.54. The van der Waals surface area contributed by atoms with Crippen LogP contribution < -0.4 is 10.6 Å². The molecule has 0 spiro atoms. The van der Waals surface area contributed by atoms with Crippen molar-refractivity contribution in [3.8, 4) is 0 Å². The molecular weight excluding hydrogens is 363 g/mol. The Kier molecular flexibility index (Phi) is 8.84. The number of nitrogens with one attached hydrogen (secondary N) is 2. The summed E-state index contributed by atoms with van der Waals surface area (Å²) in [6.07, 6.45) is 5.53. The van der Waals surface area contributed by atoms with Crippen LogP contribution in [0.3, 0.4) is 0 Å². The van der Waals surface area contributed by atoms with Crippen molar-refractivity contribution in [3.63, 3.8) is 0 Å². The van der Waals surface area contributed by atoms with Crippen molar-refractivity contribution in [2.24, 2.45) is 16.8 Å². The van der Waals surface area contributed by atoms with Crippen molar-refractivity contribution in [2.75, 3.05) is 39.3 Å². The Bertz CT molecular complexity index is 286. The zero-order valence-electron chi connectivity index (χ0n) is 13.0. The highest BCUT2D eigenvalue weighted by Crippen LogP contribution is 2.27. The summed E-state index contributed by atoms with van der Waals surface area (Å²) in [6.45, 7) is 11.2. The zero-order chi connectivity index (χ0) is 13.5. The molecule has 1 aliphatic carbocycles. The van der Waals surface area contributed by atoms with E-state index in [2.05, 4.69) is 29.4 Å². The fraction of sp³-hybridized carbons (Fsp3) is 0.933. The largest absolute Gasteiger partial charge is 0.357 e. The van der Waals surface area contributed by atoms with Crippen LogP contribution in [-0.2, 0) is 0 Å². The van der Waals surface area contributed by atoms with E-state index in [4.69, 9.17) is 4.99 Å². The van der Waals surface area contributed by atoms with E-state index in [1.54, 1.807) is 0 Å². The molecule has 1 saturated heterocycles. The molecule has 0 aromatic rings. The number of hydrogen-bond acceptors (Lipinski definition) is 2. The molecule has 0 radical (unpaired) electrons. The molecule has 1 saturated carbocycles. The fourth-order valence-corrected chi connectivity index (χ4v) is 2.62. The molecule has 0 aromatic carbocycles. The predicted octanol–water partition coefficient (Wildman–Crippen LogP) is 2.30. The normalized spacial score (nSPS) is 21.4. The van der Waals surface area contributed by atoms with Crippen LogP contribution in [0.4, 0.5) is 0 Å². The molecule has 1 atom stereocenters. The maximum Gasteiger partial charge on any atom is 0.191 e. The van der Waals surface area contributed by atoms with E-state index < -0.39 is 0 Å². The molecule has 2 rings (SSSR count). The van der Waals surface area contributed by atoms with Gasteiger partial charge in [0, 0.05) is 26.2 Å². The van der Waals surface area contributed by atoms with Gasteiger partial charge in [-0.15, -0.1) is 24.0 Å². The second-order valence-electron chi connectivity index (χ2n) is 6.16. The fourth-order valence-electron chi connectivity index (χ4n) is 2.62. The minimum absolute atomic E-state index is 0. The maximum absolute atomic E-state index is 4.72. The lowest BCUT2D eigenvalue weighted by Gasteiger charge is -2.19. The average molecular weight is 394 g/mol. The Hall–Kier alpha value is -0.0400. The first-order valence-corrected chi connectivity index (χ1v) is 8.02. The van der Waals surface area contributed by atoms with Crippen molar-refractivity contribution in [2.45, 2.75) is 39.5 Å². The van der Waals surface area contributed by atoms with Gasteiger partial charge in [0.25, 0.3) is 0 Å². The molecule has 4 nitrogen and oxygen atoms in total. The van der Waals surface area contributed by atoms with E-state index in [1.165, 1.54) is 45.3 Å². The molecule has 2 aliphatic rings. The topological polar surface area (TPSA) is 39.7 Å². The quantitative estimate of drug-likeness (QED) is 0.396. The average Bonchev–Trinajstić information content (AvgIpc) is 3.09. The lowest BCUT2D eigenvalue weighted by atomic mass is 10.2. The minimum Gasteiger partial charge on any atom is -0.357 e. The van der Waals surface area contributed by atoms with Crippen LogP contribution >= 0.6 is 24.0 Å². The van der Waals surface area contributed by atoms with Gasteiger partial charge in [0.05, 0.1) is 0 Å². The van der Waals surface area contributed by atoms with E-state index in [-0.39, 0.29) is 24.0 Å². The van der Waals surface area contributed by atoms with E-state index in [0.29, 0.717) is 5.92 Å². The summed E-state index contributed by atoms with van der Waals surface area (Å²) in [6, 6.07) is 0. The summed E-state index contributed by atoms with van der Waals surface area (Å²) in [5.41, 5.74) is 0. The smallest absolute Gasteiger partial charge is 0.191 e. The van der Waals surface area contributed by atoms with E-state index in [9.17, 15) is 0 Å². The van der Waals surface area contributed by atoms with Crippen LogP contribution in [0.1, 0.15) is 39.5 Å². The Morgan fingerprint density at radius 2 is 1.95 bits per heavy atom. The van der Waals surface area contributed by atoms with Gasteiger partial charge in [0.15, 0.2) is 5.96 Å². The van der Waals surface area contributed by atoms with Crippen LogP contribution in [0.25, 0.3) is 0 Å². The SMILES string of the molecule is CCNC(=NCC(C)CN1CCCC1)NCC1CC1.I. The van der Waals surface area contributed by atoms with Crippen molar-refractivity contribution >= 4 is 29.9 Å². The van der Waals surface area contributed by atoms with Crippen LogP contribution in [0.2, 0.25) is 0 Å². The minimum atomic E-state index is 0. The molecule has 0 aromatic heterocycles. The number of hydrogen-bond donors (Lipinski definition) is 2. The molecule has 2 N–H and O–H groups in total. The Labute approximate surface area is 141 Å². The summed E-state index contributed by atoms with van der Waals surface area (Å²) >= 11 is 0. The third kappa shape index (κ3) is 7.11. The Morgan fingerprint density at radius 1 is 1.25 bits per heavy atom. The van der Waals surface area contributed by atoms with Gasteiger partial charge in [-0.1, -0.05) is 6.92 Å². The van der Waals surface area contributed by atoms with Crippen molar-refractivity contribution in [1.82, 2.24) is 15.5 Å². The molecular formula is C15H31IN4. The van der Waals surface area contributed by atoms with Crippen molar-refractivity contribution in [3.05, 3.63) is 0 Å². The number of likely N-dealkylation sites (tertiary alicyclic amines) is 1. The highest BCUT2D eigenvalue weighted by Gasteiger charge is 2.21. The van der Waals surface area contributed by atoms with Crippen LogP contribution in [0, 0.1) is 11.8 Å². The molecule has 1 unspecified atom stereocenters. The molecule has 1 heterocycles. The summed E-state index contributed by atoms with van der Waals surface area (Å²) in [5, 5.41) is 6.80. The third-order valence-corrected chi connectivity index (χ3v) is 3.93. The second kappa shape index (κ2) is 9.82. The van der Waals surface area contributed by atoms with Crippen LogP contribution in [0.5, 0.6) is 0 Å². The second-order valence-corrected chi connectivity index (χ2v) is 6.16. The molecule has 5 heteroatoms. The summed E-state index contributed by atoms with van der Waals surface area (Å²) in [7, 11) is 0. The number of halogens is 1. The lowest BCUT2D eigenvalue weighted by molar-refractivity contribution is 0.291. The number of rotatable bonds is 7. The molecule has 1 aliphatic heterocycles. The standard InChI is InChI=1S/C15H30N4.HI/c1-3-16-15(18-11-14-6-7-14)17-10-13(2)12-19-8-4-5-9-19;/h13-14H,3-12H2,1-2H3,(H2,16,17,18);1H. The van der Waals surface area contributed by atoms with Gasteiger partial charge < -0.3 is 15.5 Å². The first-order chi connectivity index (χ1) is 9.28.